The van der Waals surface area contributed by atoms with Crippen LogP contribution < -0.4 is 0 Å². The van der Waals surface area contributed by atoms with Crippen molar-refractivity contribution >= 4 is 38.5 Å². The summed E-state index contributed by atoms with van der Waals surface area (Å²) in [5.74, 6) is -0.110. The molecule has 16 heavy (non-hydrogen) atoms. The molecule has 2 aromatic rings. The van der Waals surface area contributed by atoms with Gasteiger partial charge in [0.05, 0.1) is 10.8 Å². The van der Waals surface area contributed by atoms with Crippen molar-refractivity contribution in [3.63, 3.8) is 0 Å². The highest BCUT2D eigenvalue weighted by atomic mass is 79.9. The van der Waals surface area contributed by atoms with Crippen LogP contribution in [-0.2, 0) is 0 Å². The second kappa shape index (κ2) is 4.22. The molecule has 1 aromatic carbocycles. The Balaban J connectivity index is 2.76. The van der Waals surface area contributed by atoms with Crippen LogP contribution in [0.4, 0.5) is 0 Å². The maximum Gasteiger partial charge on any atom is 0.227 e. The van der Waals surface area contributed by atoms with Crippen molar-refractivity contribution < 1.29 is 9.59 Å². The minimum absolute atomic E-state index is 0.0174. The number of ketones is 1. The molecule has 0 spiro atoms. The molecular formula is C12H10BrNO2. The molecule has 0 aliphatic heterocycles. The fourth-order valence-corrected chi connectivity index (χ4v) is 2.04. The average molecular weight is 280 g/mol. The maximum atomic E-state index is 11.7. The number of carbonyl (C=O) groups excluding carboxylic acids is 2. The Morgan fingerprint density at radius 2 is 2.00 bits per heavy atom. The lowest BCUT2D eigenvalue weighted by atomic mass is 10.1. The molecule has 0 radical (unpaired) electrons. The van der Waals surface area contributed by atoms with Crippen molar-refractivity contribution in [2.24, 2.45) is 0 Å². The molecule has 0 fully saturated rings. The van der Waals surface area contributed by atoms with E-state index in [4.69, 9.17) is 0 Å². The largest absolute Gasteiger partial charge is 0.293 e. The highest BCUT2D eigenvalue weighted by Gasteiger charge is 2.14. The fraction of sp³-hybridized carbons (Fsp3) is 0.167. The van der Waals surface area contributed by atoms with Crippen molar-refractivity contribution in [1.82, 2.24) is 4.57 Å². The van der Waals surface area contributed by atoms with Gasteiger partial charge in [-0.05, 0) is 6.07 Å². The molecule has 0 saturated carbocycles. The number of fused-ring (bicyclic) bond motifs is 1. The lowest BCUT2D eigenvalue weighted by molar-refractivity contribution is 0.0941. The van der Waals surface area contributed by atoms with Crippen molar-refractivity contribution in [2.75, 3.05) is 5.33 Å². The Bertz CT molecular complexity index is 571. The number of carbonyl (C=O) groups is 2. The van der Waals surface area contributed by atoms with E-state index in [0.717, 1.165) is 10.9 Å². The monoisotopic (exact) mass is 279 g/mol. The SMILES string of the molecule is CC(=O)n1cc(C(=O)CBr)c2ccccc21. The smallest absolute Gasteiger partial charge is 0.227 e. The number of rotatable bonds is 2. The minimum atomic E-state index is -0.0928. The first-order valence-electron chi connectivity index (χ1n) is 4.85. The molecule has 0 saturated heterocycles. The number of halogens is 1. The summed E-state index contributed by atoms with van der Waals surface area (Å²) in [6, 6.07) is 7.40. The summed E-state index contributed by atoms with van der Waals surface area (Å²) >= 11 is 3.14. The maximum absolute atomic E-state index is 11.7. The molecule has 0 aliphatic carbocycles. The van der Waals surface area contributed by atoms with Crippen LogP contribution in [0.5, 0.6) is 0 Å². The Morgan fingerprint density at radius 1 is 1.31 bits per heavy atom. The Kier molecular flexibility index (Phi) is 2.92. The third-order valence-electron chi connectivity index (χ3n) is 2.47. The molecule has 0 bridgehead atoms. The van der Waals surface area contributed by atoms with Crippen LogP contribution in [0, 0.1) is 0 Å². The van der Waals surface area contributed by atoms with Gasteiger partial charge in [-0.25, -0.2) is 0 Å². The molecule has 0 atom stereocenters. The van der Waals surface area contributed by atoms with Gasteiger partial charge in [0.15, 0.2) is 5.78 Å². The quantitative estimate of drug-likeness (QED) is 0.626. The van der Waals surface area contributed by atoms with E-state index in [9.17, 15) is 9.59 Å². The van der Waals surface area contributed by atoms with E-state index >= 15 is 0 Å². The van der Waals surface area contributed by atoms with Gasteiger partial charge in [-0.3, -0.25) is 14.2 Å². The zero-order valence-corrected chi connectivity index (χ0v) is 10.3. The molecular weight excluding hydrogens is 270 g/mol. The molecule has 82 valence electrons. The first-order valence-corrected chi connectivity index (χ1v) is 5.97. The van der Waals surface area contributed by atoms with Gasteiger partial charge in [0.25, 0.3) is 0 Å². The molecule has 0 aliphatic rings. The third-order valence-corrected chi connectivity index (χ3v) is 2.98. The lowest BCUT2D eigenvalue weighted by Crippen LogP contribution is -2.04. The van der Waals surface area contributed by atoms with Crippen molar-refractivity contribution in [1.29, 1.82) is 0 Å². The molecule has 2 rings (SSSR count). The number of benzene rings is 1. The number of nitrogens with zero attached hydrogens (tertiary/aromatic N) is 1. The van der Waals surface area contributed by atoms with E-state index < -0.39 is 0 Å². The second-order valence-corrected chi connectivity index (χ2v) is 4.07. The highest BCUT2D eigenvalue weighted by molar-refractivity contribution is 9.09. The average Bonchev–Trinajstić information content (AvgIpc) is 2.67. The third kappa shape index (κ3) is 1.69. The summed E-state index contributed by atoms with van der Waals surface area (Å²) in [5, 5.41) is 1.08. The van der Waals surface area contributed by atoms with Crippen LogP contribution in [0.15, 0.2) is 30.5 Å². The van der Waals surface area contributed by atoms with E-state index in [1.165, 1.54) is 11.5 Å². The summed E-state index contributed by atoms with van der Waals surface area (Å²) in [5.41, 5.74) is 1.36. The Labute approximate surface area is 101 Å². The van der Waals surface area contributed by atoms with Gasteiger partial charge < -0.3 is 0 Å². The summed E-state index contributed by atoms with van der Waals surface area (Å²) in [7, 11) is 0. The summed E-state index contributed by atoms with van der Waals surface area (Å²) in [6.07, 6.45) is 1.61. The second-order valence-electron chi connectivity index (χ2n) is 3.51. The van der Waals surface area contributed by atoms with Crippen LogP contribution in [0.2, 0.25) is 0 Å². The van der Waals surface area contributed by atoms with Crippen LogP contribution in [0.3, 0.4) is 0 Å². The fourth-order valence-electron chi connectivity index (χ4n) is 1.73. The van der Waals surface area contributed by atoms with Crippen molar-refractivity contribution in [3.8, 4) is 0 Å². The zero-order valence-electron chi connectivity index (χ0n) is 8.74. The topological polar surface area (TPSA) is 39.1 Å². The number of hydrogen-bond acceptors (Lipinski definition) is 2. The van der Waals surface area contributed by atoms with Gasteiger partial charge in [-0.15, -0.1) is 0 Å². The van der Waals surface area contributed by atoms with Gasteiger partial charge in [-0.2, -0.15) is 0 Å². The Hall–Kier alpha value is -1.42. The predicted molar refractivity (Wildman–Crippen MR) is 66.4 cm³/mol. The van der Waals surface area contributed by atoms with Gasteiger partial charge in [0.2, 0.25) is 5.91 Å². The first-order chi connectivity index (χ1) is 7.65. The van der Waals surface area contributed by atoms with Crippen LogP contribution in [0.1, 0.15) is 22.1 Å². The van der Waals surface area contributed by atoms with Crippen molar-refractivity contribution in [3.05, 3.63) is 36.0 Å². The lowest BCUT2D eigenvalue weighted by Gasteiger charge is -1.96. The van der Waals surface area contributed by atoms with E-state index in [2.05, 4.69) is 15.9 Å². The van der Waals surface area contributed by atoms with E-state index in [-0.39, 0.29) is 17.0 Å². The van der Waals surface area contributed by atoms with Gasteiger partial charge >= 0.3 is 0 Å². The zero-order chi connectivity index (χ0) is 11.7. The molecule has 1 aromatic heterocycles. The Morgan fingerprint density at radius 3 is 2.62 bits per heavy atom. The van der Waals surface area contributed by atoms with Gasteiger partial charge in [0.1, 0.15) is 0 Å². The normalized spacial score (nSPS) is 10.6. The molecule has 0 unspecified atom stereocenters. The molecule has 0 N–H and O–H groups in total. The van der Waals surface area contributed by atoms with E-state index in [1.54, 1.807) is 6.20 Å². The van der Waals surface area contributed by atoms with Crippen LogP contribution in [-0.4, -0.2) is 21.6 Å². The standard InChI is InChI=1S/C12H10BrNO2/c1-8(15)14-7-10(12(16)6-13)9-4-2-3-5-11(9)14/h2-5,7H,6H2,1H3. The number of alkyl halides is 1. The summed E-state index contributed by atoms with van der Waals surface area (Å²) < 4.78 is 1.51. The molecule has 3 nitrogen and oxygen atoms in total. The summed E-state index contributed by atoms with van der Waals surface area (Å²) in [4.78, 5) is 23.1. The number of para-hydroxylation sites is 1. The minimum Gasteiger partial charge on any atom is -0.293 e. The van der Waals surface area contributed by atoms with Crippen LogP contribution >= 0.6 is 15.9 Å². The highest BCUT2D eigenvalue weighted by Crippen LogP contribution is 2.22. The molecule has 0 amide bonds. The molecule has 4 heteroatoms. The van der Waals surface area contributed by atoms with Crippen molar-refractivity contribution in [2.45, 2.75) is 6.92 Å². The van der Waals surface area contributed by atoms with Gasteiger partial charge in [0, 0.05) is 24.1 Å². The predicted octanol–water partition coefficient (Wildman–Crippen LogP) is 2.88. The number of aromatic nitrogens is 1. The molecule has 1 heterocycles. The van der Waals surface area contributed by atoms with E-state index in [1.807, 2.05) is 24.3 Å². The summed E-state index contributed by atoms with van der Waals surface area (Å²) in [6.45, 7) is 1.48. The van der Waals surface area contributed by atoms with E-state index in [0.29, 0.717) is 5.56 Å². The van der Waals surface area contributed by atoms with Gasteiger partial charge in [-0.1, -0.05) is 34.1 Å². The first kappa shape index (κ1) is 11.1. The number of Topliss-reactive ketones (excluding diaryl/α,β-unsaturated/α-hetero) is 1. The van der Waals surface area contributed by atoms with Crippen LogP contribution in [0.25, 0.3) is 10.9 Å². The number of hydrogen-bond donors (Lipinski definition) is 0.